The number of sulfonamides is 1. The lowest BCUT2D eigenvalue weighted by Gasteiger charge is -2.31. The van der Waals surface area contributed by atoms with Gasteiger partial charge in [0.2, 0.25) is 21.8 Å². The molecule has 0 fully saturated rings. The van der Waals surface area contributed by atoms with Crippen molar-refractivity contribution in [3.8, 4) is 0 Å². The van der Waals surface area contributed by atoms with Gasteiger partial charge in [-0.05, 0) is 36.5 Å². The summed E-state index contributed by atoms with van der Waals surface area (Å²) in [6.07, 6.45) is 1.47. The van der Waals surface area contributed by atoms with Crippen LogP contribution in [0, 0.1) is 17.6 Å². The molecule has 2 rings (SSSR count). The number of carbonyl (C=O) groups excluding carboxylic acids is 2. The fourth-order valence-corrected chi connectivity index (χ4v) is 4.72. The van der Waals surface area contributed by atoms with Crippen molar-refractivity contribution in [3.05, 3.63) is 65.7 Å². The first kappa shape index (κ1) is 29.2. The molecule has 2 aromatic carbocycles. The smallest absolute Gasteiger partial charge is 0.242 e. The molecule has 1 atom stereocenters. The van der Waals surface area contributed by atoms with Crippen LogP contribution in [-0.2, 0) is 26.2 Å². The second kappa shape index (κ2) is 13.3. The largest absolute Gasteiger partial charge is 0.354 e. The minimum absolute atomic E-state index is 0.0236. The molecule has 2 aromatic rings. The molecule has 0 aliphatic heterocycles. The van der Waals surface area contributed by atoms with Crippen LogP contribution < -0.4 is 9.62 Å². The zero-order valence-electron chi connectivity index (χ0n) is 21.2. The number of hydrogen-bond acceptors (Lipinski definition) is 4. The van der Waals surface area contributed by atoms with Gasteiger partial charge in [-0.2, -0.15) is 0 Å². The van der Waals surface area contributed by atoms with Gasteiger partial charge in [-0.1, -0.05) is 51.1 Å². The van der Waals surface area contributed by atoms with E-state index in [0.29, 0.717) is 13.0 Å². The molecule has 0 saturated heterocycles. The molecule has 7 nitrogen and oxygen atoms in total. The van der Waals surface area contributed by atoms with E-state index in [1.165, 1.54) is 11.0 Å². The first-order chi connectivity index (χ1) is 16.9. The van der Waals surface area contributed by atoms with Crippen LogP contribution in [0.3, 0.4) is 0 Å². The molecule has 0 saturated carbocycles. The van der Waals surface area contributed by atoms with Crippen LogP contribution in [-0.4, -0.2) is 50.5 Å². The third-order valence-corrected chi connectivity index (χ3v) is 6.80. The van der Waals surface area contributed by atoms with Gasteiger partial charge < -0.3 is 10.2 Å². The standard InChI is InChI=1S/C26H35F2N3O4S/c1-5-24(26(33)29-17-19(2)3)30(18-20-10-7-6-8-11-20)25(32)12-9-15-31(36(4,34)35)21-13-14-22(27)23(28)16-21/h6-8,10-11,13-14,16,19,24H,5,9,12,15,17-18H2,1-4H3,(H,29,33)/t24-/m1/s1. The van der Waals surface area contributed by atoms with Gasteiger partial charge in [0, 0.05) is 32.1 Å². The van der Waals surface area contributed by atoms with Crippen molar-refractivity contribution in [2.45, 2.75) is 52.6 Å². The topological polar surface area (TPSA) is 86.8 Å². The Kier molecular flexibility index (Phi) is 10.8. The summed E-state index contributed by atoms with van der Waals surface area (Å²) in [5, 5.41) is 2.89. The summed E-state index contributed by atoms with van der Waals surface area (Å²) in [4.78, 5) is 27.8. The van der Waals surface area contributed by atoms with Crippen molar-refractivity contribution in [1.82, 2.24) is 10.2 Å². The van der Waals surface area contributed by atoms with Crippen molar-refractivity contribution in [1.29, 1.82) is 0 Å². The lowest BCUT2D eigenvalue weighted by atomic mass is 10.1. The second-order valence-electron chi connectivity index (χ2n) is 9.11. The number of amides is 2. The molecule has 0 spiro atoms. The van der Waals surface area contributed by atoms with Crippen molar-refractivity contribution in [3.63, 3.8) is 0 Å². The Bertz CT molecular complexity index is 1130. The van der Waals surface area contributed by atoms with Crippen LogP contribution in [0.15, 0.2) is 48.5 Å². The third kappa shape index (κ3) is 8.58. The zero-order valence-corrected chi connectivity index (χ0v) is 22.0. The molecule has 0 aliphatic carbocycles. The predicted octanol–water partition coefficient (Wildman–Crippen LogP) is 4.09. The third-order valence-electron chi connectivity index (χ3n) is 5.61. The van der Waals surface area contributed by atoms with Crippen molar-refractivity contribution in [2.24, 2.45) is 5.92 Å². The lowest BCUT2D eigenvalue weighted by Crippen LogP contribution is -2.49. The average molecular weight is 524 g/mol. The summed E-state index contributed by atoms with van der Waals surface area (Å²) in [6.45, 7) is 6.40. The molecule has 0 radical (unpaired) electrons. The average Bonchev–Trinajstić information content (AvgIpc) is 2.82. The van der Waals surface area contributed by atoms with E-state index in [-0.39, 0.29) is 49.4 Å². The number of nitrogens with zero attached hydrogens (tertiary/aromatic N) is 2. The van der Waals surface area contributed by atoms with Crippen LogP contribution in [0.4, 0.5) is 14.5 Å². The SMILES string of the molecule is CC[C@H](C(=O)NCC(C)C)N(Cc1ccccc1)C(=O)CCCN(c1ccc(F)c(F)c1)S(C)(=O)=O. The maximum atomic E-state index is 13.7. The Morgan fingerprint density at radius 1 is 1.03 bits per heavy atom. The van der Waals surface area contributed by atoms with E-state index >= 15 is 0 Å². The number of nitrogens with one attached hydrogen (secondary N) is 1. The Hall–Kier alpha value is -3.01. The highest BCUT2D eigenvalue weighted by Gasteiger charge is 2.29. The number of carbonyl (C=O) groups is 2. The Morgan fingerprint density at radius 3 is 2.25 bits per heavy atom. The predicted molar refractivity (Wildman–Crippen MR) is 137 cm³/mol. The van der Waals surface area contributed by atoms with Crippen molar-refractivity contribution in [2.75, 3.05) is 23.7 Å². The van der Waals surface area contributed by atoms with E-state index in [9.17, 15) is 26.8 Å². The Labute approximate surface area is 212 Å². The fourth-order valence-electron chi connectivity index (χ4n) is 3.77. The van der Waals surface area contributed by atoms with Gasteiger partial charge in [0.25, 0.3) is 0 Å². The van der Waals surface area contributed by atoms with Crippen molar-refractivity contribution >= 4 is 27.5 Å². The van der Waals surface area contributed by atoms with Gasteiger partial charge in [-0.15, -0.1) is 0 Å². The first-order valence-corrected chi connectivity index (χ1v) is 13.8. The Morgan fingerprint density at radius 2 is 1.69 bits per heavy atom. The number of benzene rings is 2. The summed E-state index contributed by atoms with van der Waals surface area (Å²) in [6, 6.07) is 11.5. The maximum Gasteiger partial charge on any atom is 0.242 e. The first-order valence-electron chi connectivity index (χ1n) is 12.0. The van der Waals surface area contributed by atoms with Gasteiger partial charge in [-0.3, -0.25) is 13.9 Å². The maximum absolute atomic E-state index is 13.7. The molecule has 0 aliphatic rings. The number of halogens is 2. The van der Waals surface area contributed by atoms with E-state index in [0.717, 1.165) is 28.3 Å². The molecule has 2 amide bonds. The van der Waals surface area contributed by atoms with E-state index < -0.39 is 27.7 Å². The molecule has 0 bridgehead atoms. The normalized spacial score (nSPS) is 12.3. The minimum atomic E-state index is -3.81. The highest BCUT2D eigenvalue weighted by molar-refractivity contribution is 7.92. The van der Waals surface area contributed by atoms with Gasteiger partial charge in [0.1, 0.15) is 6.04 Å². The van der Waals surface area contributed by atoms with E-state index in [1.807, 2.05) is 51.1 Å². The lowest BCUT2D eigenvalue weighted by molar-refractivity contribution is -0.141. The summed E-state index contributed by atoms with van der Waals surface area (Å²) in [5.41, 5.74) is 0.838. The fraction of sp³-hybridized carbons (Fsp3) is 0.462. The van der Waals surface area contributed by atoms with Crippen LogP contribution in [0.5, 0.6) is 0 Å². The molecular weight excluding hydrogens is 488 g/mol. The summed E-state index contributed by atoms with van der Waals surface area (Å²) >= 11 is 0. The van der Waals surface area contributed by atoms with Crippen LogP contribution in [0.25, 0.3) is 0 Å². The van der Waals surface area contributed by atoms with Gasteiger partial charge in [0.15, 0.2) is 11.6 Å². The summed E-state index contributed by atoms with van der Waals surface area (Å²) < 4.78 is 52.6. The zero-order chi connectivity index (χ0) is 26.9. The highest BCUT2D eigenvalue weighted by Crippen LogP contribution is 2.22. The van der Waals surface area contributed by atoms with Crippen molar-refractivity contribution < 1.29 is 26.8 Å². The van der Waals surface area contributed by atoms with Gasteiger partial charge in [0.05, 0.1) is 11.9 Å². The van der Waals surface area contributed by atoms with E-state index in [4.69, 9.17) is 0 Å². The van der Waals surface area contributed by atoms with Gasteiger partial charge in [-0.25, -0.2) is 17.2 Å². The summed E-state index contributed by atoms with van der Waals surface area (Å²) in [7, 11) is -3.81. The molecule has 10 heteroatoms. The summed E-state index contributed by atoms with van der Waals surface area (Å²) in [5.74, 6) is -2.54. The monoisotopic (exact) mass is 523 g/mol. The molecular formula is C26H35F2N3O4S. The van der Waals surface area contributed by atoms with Gasteiger partial charge >= 0.3 is 0 Å². The molecule has 0 aromatic heterocycles. The number of hydrogen-bond donors (Lipinski definition) is 1. The van der Waals surface area contributed by atoms with E-state index in [2.05, 4.69) is 5.32 Å². The highest BCUT2D eigenvalue weighted by atomic mass is 32.2. The number of rotatable bonds is 13. The van der Waals surface area contributed by atoms with Crippen LogP contribution in [0.1, 0.15) is 45.6 Å². The van der Waals surface area contributed by atoms with Crippen LogP contribution in [0.2, 0.25) is 0 Å². The van der Waals surface area contributed by atoms with Crippen LogP contribution >= 0.6 is 0 Å². The Balaban J connectivity index is 2.19. The molecule has 0 heterocycles. The molecule has 1 N–H and O–H groups in total. The second-order valence-corrected chi connectivity index (χ2v) is 11.0. The molecule has 36 heavy (non-hydrogen) atoms. The molecule has 198 valence electrons. The van der Waals surface area contributed by atoms with E-state index in [1.54, 1.807) is 0 Å². The number of anilines is 1. The quantitative estimate of drug-likeness (QED) is 0.429. The molecule has 0 unspecified atom stereocenters. The minimum Gasteiger partial charge on any atom is -0.354 e.